The van der Waals surface area contributed by atoms with Gasteiger partial charge in [0, 0.05) is 11.6 Å². The minimum atomic E-state index is 0.568. The van der Waals surface area contributed by atoms with Gasteiger partial charge in [0.2, 0.25) is 0 Å². The van der Waals surface area contributed by atoms with E-state index in [-0.39, 0.29) is 0 Å². The monoisotopic (exact) mass is 243 g/mol. The van der Waals surface area contributed by atoms with E-state index in [1.54, 1.807) is 0 Å². The molecule has 2 heterocycles. The number of aromatic nitrogens is 2. The summed E-state index contributed by atoms with van der Waals surface area (Å²) in [6, 6.07) is 4.28. The number of hydrogen-bond donors (Lipinski definition) is 1. The first-order valence-corrected chi connectivity index (χ1v) is 6.92. The Morgan fingerprint density at radius 1 is 1.17 bits per heavy atom. The molecule has 1 saturated carbocycles. The zero-order valence-corrected chi connectivity index (χ0v) is 11.2. The van der Waals surface area contributed by atoms with Gasteiger partial charge in [-0.3, -0.25) is 4.40 Å². The molecule has 1 fully saturated rings. The molecule has 2 aromatic heterocycles. The number of nitrogen functional groups attached to an aromatic ring is 1. The number of anilines is 1. The first-order chi connectivity index (χ1) is 8.66. The molecule has 3 heteroatoms. The molecule has 0 saturated heterocycles. The number of nitrogens with zero attached hydrogens (tertiary/aromatic N) is 2. The van der Waals surface area contributed by atoms with Crippen LogP contribution in [-0.4, -0.2) is 9.38 Å². The maximum atomic E-state index is 6.32. The average molecular weight is 243 g/mol. The van der Waals surface area contributed by atoms with E-state index in [1.165, 1.54) is 43.4 Å². The van der Waals surface area contributed by atoms with Gasteiger partial charge in [-0.25, -0.2) is 4.98 Å². The minimum absolute atomic E-state index is 0.568. The molecule has 18 heavy (non-hydrogen) atoms. The molecule has 1 aliphatic carbocycles. The molecule has 96 valence electrons. The second kappa shape index (κ2) is 4.30. The van der Waals surface area contributed by atoms with Crippen LogP contribution >= 0.6 is 0 Å². The van der Waals surface area contributed by atoms with Gasteiger partial charge in [-0.1, -0.05) is 19.3 Å². The SMILES string of the molecule is Cc1cc(C)n2c(N)c(C3CCCCC3)nc2c1. The lowest BCUT2D eigenvalue weighted by Crippen LogP contribution is -2.08. The largest absolute Gasteiger partial charge is 0.383 e. The third kappa shape index (κ3) is 1.78. The van der Waals surface area contributed by atoms with Crippen molar-refractivity contribution < 1.29 is 0 Å². The van der Waals surface area contributed by atoms with Crippen LogP contribution in [0.15, 0.2) is 12.1 Å². The van der Waals surface area contributed by atoms with Crippen molar-refractivity contribution in [1.29, 1.82) is 0 Å². The number of imidazole rings is 1. The van der Waals surface area contributed by atoms with E-state index in [0.29, 0.717) is 5.92 Å². The zero-order valence-electron chi connectivity index (χ0n) is 11.2. The topological polar surface area (TPSA) is 43.3 Å². The van der Waals surface area contributed by atoms with E-state index in [4.69, 9.17) is 10.7 Å². The van der Waals surface area contributed by atoms with Crippen molar-refractivity contribution in [2.45, 2.75) is 51.9 Å². The second-order valence-corrected chi connectivity index (χ2v) is 5.58. The highest BCUT2D eigenvalue weighted by Gasteiger charge is 2.22. The standard InChI is InChI=1S/C15H21N3/c1-10-8-11(2)18-13(9-10)17-14(15(18)16)12-6-4-3-5-7-12/h8-9,12H,3-7,16H2,1-2H3. The van der Waals surface area contributed by atoms with Crippen molar-refractivity contribution in [1.82, 2.24) is 9.38 Å². The molecule has 0 aliphatic heterocycles. The Balaban J connectivity index is 2.13. The highest BCUT2D eigenvalue weighted by Crippen LogP contribution is 2.35. The van der Waals surface area contributed by atoms with Crippen LogP contribution in [0.4, 0.5) is 5.82 Å². The summed E-state index contributed by atoms with van der Waals surface area (Å²) in [6.07, 6.45) is 6.48. The molecule has 0 amide bonds. The molecule has 0 radical (unpaired) electrons. The fourth-order valence-corrected chi connectivity index (χ4v) is 3.25. The lowest BCUT2D eigenvalue weighted by Gasteiger charge is -2.20. The number of fused-ring (bicyclic) bond motifs is 1. The van der Waals surface area contributed by atoms with Crippen LogP contribution in [0.2, 0.25) is 0 Å². The number of nitrogens with two attached hydrogens (primary N) is 1. The van der Waals surface area contributed by atoms with Crippen LogP contribution in [0, 0.1) is 13.8 Å². The second-order valence-electron chi connectivity index (χ2n) is 5.58. The van der Waals surface area contributed by atoms with E-state index in [9.17, 15) is 0 Å². The Bertz CT molecular complexity index is 577. The summed E-state index contributed by atoms with van der Waals surface area (Å²) in [7, 11) is 0. The molecule has 0 aromatic carbocycles. The molecule has 3 nitrogen and oxygen atoms in total. The molecule has 0 atom stereocenters. The Labute approximate surface area is 108 Å². The van der Waals surface area contributed by atoms with Gasteiger partial charge in [-0.2, -0.15) is 0 Å². The summed E-state index contributed by atoms with van der Waals surface area (Å²) in [4.78, 5) is 4.80. The summed E-state index contributed by atoms with van der Waals surface area (Å²) in [5, 5.41) is 0. The third-order valence-electron chi connectivity index (χ3n) is 4.11. The Morgan fingerprint density at radius 2 is 1.89 bits per heavy atom. The van der Waals surface area contributed by atoms with E-state index < -0.39 is 0 Å². The van der Waals surface area contributed by atoms with Crippen molar-refractivity contribution in [2.24, 2.45) is 0 Å². The first kappa shape index (κ1) is 11.6. The highest BCUT2D eigenvalue weighted by atomic mass is 15.1. The molecule has 2 aromatic rings. The number of aryl methyl sites for hydroxylation is 2. The van der Waals surface area contributed by atoms with E-state index in [2.05, 4.69) is 30.4 Å². The minimum Gasteiger partial charge on any atom is -0.383 e. The molecular weight excluding hydrogens is 222 g/mol. The zero-order chi connectivity index (χ0) is 12.7. The van der Waals surface area contributed by atoms with Gasteiger partial charge in [-0.15, -0.1) is 0 Å². The summed E-state index contributed by atoms with van der Waals surface area (Å²) in [5.41, 5.74) is 10.9. The Kier molecular flexibility index (Phi) is 2.77. The lowest BCUT2D eigenvalue weighted by molar-refractivity contribution is 0.439. The molecule has 3 rings (SSSR count). The van der Waals surface area contributed by atoms with E-state index >= 15 is 0 Å². The summed E-state index contributed by atoms with van der Waals surface area (Å²) in [6.45, 7) is 4.21. The van der Waals surface area contributed by atoms with Gasteiger partial charge in [0.25, 0.3) is 0 Å². The molecule has 2 N–H and O–H groups in total. The number of rotatable bonds is 1. The Hall–Kier alpha value is -1.51. The average Bonchev–Trinajstić information content (AvgIpc) is 2.67. The number of hydrogen-bond acceptors (Lipinski definition) is 2. The molecule has 0 spiro atoms. The van der Waals surface area contributed by atoms with Gasteiger partial charge in [0.05, 0.1) is 5.69 Å². The van der Waals surface area contributed by atoms with Crippen LogP contribution in [0.1, 0.15) is 55.0 Å². The maximum absolute atomic E-state index is 6.32. The third-order valence-corrected chi connectivity index (χ3v) is 4.11. The smallest absolute Gasteiger partial charge is 0.139 e. The molecule has 0 unspecified atom stereocenters. The van der Waals surface area contributed by atoms with Crippen LogP contribution in [-0.2, 0) is 0 Å². The highest BCUT2D eigenvalue weighted by molar-refractivity contribution is 5.56. The van der Waals surface area contributed by atoms with Gasteiger partial charge in [0.15, 0.2) is 0 Å². The van der Waals surface area contributed by atoms with Crippen molar-refractivity contribution in [3.05, 3.63) is 29.1 Å². The quantitative estimate of drug-likeness (QED) is 0.832. The molecular formula is C15H21N3. The van der Waals surface area contributed by atoms with Crippen LogP contribution < -0.4 is 5.73 Å². The molecule has 0 bridgehead atoms. The fraction of sp³-hybridized carbons (Fsp3) is 0.533. The predicted molar refractivity (Wildman–Crippen MR) is 74.9 cm³/mol. The summed E-state index contributed by atoms with van der Waals surface area (Å²) < 4.78 is 2.09. The van der Waals surface area contributed by atoms with Crippen molar-refractivity contribution in [3.63, 3.8) is 0 Å². The van der Waals surface area contributed by atoms with E-state index in [0.717, 1.165) is 17.2 Å². The van der Waals surface area contributed by atoms with Crippen molar-refractivity contribution in [2.75, 3.05) is 5.73 Å². The fourth-order valence-electron chi connectivity index (χ4n) is 3.25. The van der Waals surface area contributed by atoms with Crippen LogP contribution in [0.5, 0.6) is 0 Å². The van der Waals surface area contributed by atoms with Crippen molar-refractivity contribution in [3.8, 4) is 0 Å². The first-order valence-electron chi connectivity index (χ1n) is 6.92. The lowest BCUT2D eigenvalue weighted by atomic mass is 9.87. The van der Waals surface area contributed by atoms with Gasteiger partial charge >= 0.3 is 0 Å². The number of pyridine rings is 1. The van der Waals surface area contributed by atoms with Gasteiger partial charge < -0.3 is 5.73 Å². The van der Waals surface area contributed by atoms with Crippen LogP contribution in [0.25, 0.3) is 5.65 Å². The summed E-state index contributed by atoms with van der Waals surface area (Å²) >= 11 is 0. The van der Waals surface area contributed by atoms with Crippen molar-refractivity contribution >= 4 is 11.5 Å². The van der Waals surface area contributed by atoms with Gasteiger partial charge in [-0.05, 0) is 44.4 Å². The van der Waals surface area contributed by atoms with Gasteiger partial charge in [0.1, 0.15) is 11.5 Å². The van der Waals surface area contributed by atoms with Crippen LogP contribution in [0.3, 0.4) is 0 Å². The summed E-state index contributed by atoms with van der Waals surface area (Å²) in [5.74, 6) is 1.42. The normalized spacial score (nSPS) is 17.4. The Morgan fingerprint density at radius 3 is 2.61 bits per heavy atom. The van der Waals surface area contributed by atoms with E-state index in [1.807, 2.05) is 0 Å². The molecule has 1 aliphatic rings. The predicted octanol–water partition coefficient (Wildman–Crippen LogP) is 3.58. The maximum Gasteiger partial charge on any atom is 0.139 e.